The molecule has 0 heterocycles. The minimum absolute atomic E-state index is 0.610. The first kappa shape index (κ1) is 21.0. The fourth-order valence-electron chi connectivity index (χ4n) is 2.43. The summed E-state index contributed by atoms with van der Waals surface area (Å²) in [4.78, 5) is 23.9. The van der Waals surface area contributed by atoms with Crippen molar-refractivity contribution < 1.29 is 9.59 Å². The first-order valence-electron chi connectivity index (χ1n) is 9.03. The molecule has 0 aliphatic carbocycles. The molecule has 0 fully saturated rings. The van der Waals surface area contributed by atoms with E-state index in [9.17, 15) is 9.59 Å². The van der Waals surface area contributed by atoms with Gasteiger partial charge in [-0.2, -0.15) is 10.2 Å². The van der Waals surface area contributed by atoms with Gasteiger partial charge in [0.2, 0.25) is 0 Å². The molecule has 0 saturated carbocycles. The lowest BCUT2D eigenvalue weighted by Gasteiger charge is -2.06. The number of benzene rings is 2. The zero-order chi connectivity index (χ0) is 20.8. The van der Waals surface area contributed by atoms with Crippen molar-refractivity contribution in [1.29, 1.82) is 0 Å². The molecular formula is C22H26N4O2. The Balaban J connectivity index is 1.99. The number of amides is 2. The lowest BCUT2D eigenvalue weighted by atomic mass is 10.0. The molecule has 0 atom stereocenters. The van der Waals surface area contributed by atoms with Gasteiger partial charge >= 0.3 is 11.8 Å². The molecule has 2 aromatic carbocycles. The van der Waals surface area contributed by atoms with Gasteiger partial charge in [0, 0.05) is 0 Å². The van der Waals surface area contributed by atoms with Crippen LogP contribution in [0.1, 0.15) is 47.2 Å². The van der Waals surface area contributed by atoms with E-state index in [1.807, 2.05) is 64.1 Å². The standard InChI is InChI=1S/C22H26N4O2/c1-13-7-9-19(11-15(13)3)17(5)23-25-21(27)22(28)26-24-18(6)20-10-8-14(2)16(4)12-20/h7-12H,1-6H3,(H,25,27)(H,26,28)/b23-17+,24-18+. The summed E-state index contributed by atoms with van der Waals surface area (Å²) in [7, 11) is 0. The van der Waals surface area contributed by atoms with Gasteiger partial charge in [0.1, 0.15) is 0 Å². The second kappa shape index (κ2) is 9.08. The first-order chi connectivity index (χ1) is 13.2. The normalized spacial score (nSPS) is 11.9. The Morgan fingerprint density at radius 3 is 1.32 bits per heavy atom. The molecule has 6 heteroatoms. The maximum atomic E-state index is 11.9. The quantitative estimate of drug-likeness (QED) is 0.486. The van der Waals surface area contributed by atoms with E-state index in [1.54, 1.807) is 13.8 Å². The maximum Gasteiger partial charge on any atom is 0.331 e. The van der Waals surface area contributed by atoms with Crippen LogP contribution >= 0.6 is 0 Å². The monoisotopic (exact) mass is 378 g/mol. The lowest BCUT2D eigenvalue weighted by molar-refractivity contribution is -0.139. The summed E-state index contributed by atoms with van der Waals surface area (Å²) in [6, 6.07) is 11.8. The van der Waals surface area contributed by atoms with Gasteiger partial charge in [0.05, 0.1) is 11.4 Å². The number of carbonyl (C=O) groups is 2. The summed E-state index contributed by atoms with van der Waals surface area (Å²) in [5, 5.41) is 8.00. The van der Waals surface area contributed by atoms with Crippen molar-refractivity contribution in [1.82, 2.24) is 10.9 Å². The third-order valence-electron chi connectivity index (χ3n) is 4.71. The number of aryl methyl sites for hydroxylation is 4. The molecule has 28 heavy (non-hydrogen) atoms. The number of hydrogen-bond acceptors (Lipinski definition) is 4. The Bertz CT molecular complexity index is 895. The van der Waals surface area contributed by atoms with Crippen molar-refractivity contribution in [3.63, 3.8) is 0 Å². The van der Waals surface area contributed by atoms with Crippen LogP contribution in [-0.4, -0.2) is 23.2 Å². The first-order valence-corrected chi connectivity index (χ1v) is 9.03. The van der Waals surface area contributed by atoms with Gasteiger partial charge in [0.15, 0.2) is 0 Å². The summed E-state index contributed by atoms with van der Waals surface area (Å²) in [5.41, 5.74) is 12.1. The highest BCUT2D eigenvalue weighted by Gasteiger charge is 2.13. The van der Waals surface area contributed by atoms with Gasteiger partial charge in [-0.1, -0.05) is 24.3 Å². The van der Waals surface area contributed by atoms with Gasteiger partial charge < -0.3 is 0 Å². The summed E-state index contributed by atoms with van der Waals surface area (Å²) in [6.07, 6.45) is 0. The molecule has 6 nitrogen and oxygen atoms in total. The average molecular weight is 378 g/mol. The fourth-order valence-corrected chi connectivity index (χ4v) is 2.43. The number of nitrogens with one attached hydrogen (secondary N) is 2. The number of hydrogen-bond donors (Lipinski definition) is 2. The lowest BCUT2D eigenvalue weighted by Crippen LogP contribution is -2.36. The summed E-state index contributed by atoms with van der Waals surface area (Å²) >= 11 is 0. The molecule has 0 aliphatic rings. The number of rotatable bonds is 4. The molecule has 0 saturated heterocycles. The summed E-state index contributed by atoms with van der Waals surface area (Å²) in [6.45, 7) is 11.6. The Kier molecular flexibility index (Phi) is 6.82. The van der Waals surface area contributed by atoms with E-state index in [1.165, 1.54) is 11.1 Å². The predicted octanol–water partition coefficient (Wildman–Crippen LogP) is 3.30. The summed E-state index contributed by atoms with van der Waals surface area (Å²) in [5.74, 6) is -1.75. The Morgan fingerprint density at radius 2 is 1.00 bits per heavy atom. The van der Waals surface area contributed by atoms with Crippen LogP contribution in [0.25, 0.3) is 0 Å². The van der Waals surface area contributed by atoms with Gasteiger partial charge in [-0.05, 0) is 87.1 Å². The van der Waals surface area contributed by atoms with Gasteiger partial charge in [-0.15, -0.1) is 0 Å². The van der Waals surface area contributed by atoms with Crippen LogP contribution in [0.15, 0.2) is 46.6 Å². The van der Waals surface area contributed by atoms with Crippen molar-refractivity contribution in [3.8, 4) is 0 Å². The van der Waals surface area contributed by atoms with Crippen molar-refractivity contribution in [2.75, 3.05) is 0 Å². The SMILES string of the molecule is C/C(=N\NC(=O)C(=O)N/N=C(\C)c1ccc(C)c(C)c1)c1ccc(C)c(C)c1. The van der Waals surface area contributed by atoms with E-state index in [-0.39, 0.29) is 0 Å². The van der Waals surface area contributed by atoms with E-state index < -0.39 is 11.8 Å². The van der Waals surface area contributed by atoms with Crippen LogP contribution in [0.3, 0.4) is 0 Å². The summed E-state index contributed by atoms with van der Waals surface area (Å²) < 4.78 is 0. The second-order valence-corrected chi connectivity index (χ2v) is 6.87. The largest absolute Gasteiger partial charge is 0.331 e. The van der Waals surface area contributed by atoms with E-state index in [2.05, 4.69) is 21.1 Å². The van der Waals surface area contributed by atoms with E-state index in [0.717, 1.165) is 22.3 Å². The zero-order valence-electron chi connectivity index (χ0n) is 17.2. The van der Waals surface area contributed by atoms with Crippen molar-refractivity contribution >= 4 is 23.2 Å². The van der Waals surface area contributed by atoms with Crippen LogP contribution in [0.4, 0.5) is 0 Å². The van der Waals surface area contributed by atoms with Crippen LogP contribution in [0.5, 0.6) is 0 Å². The highest BCUT2D eigenvalue weighted by atomic mass is 16.2. The smallest absolute Gasteiger partial charge is 0.262 e. The van der Waals surface area contributed by atoms with Gasteiger partial charge in [0.25, 0.3) is 0 Å². The molecule has 2 aromatic rings. The molecule has 0 spiro atoms. The van der Waals surface area contributed by atoms with Crippen molar-refractivity contribution in [2.45, 2.75) is 41.5 Å². The van der Waals surface area contributed by atoms with Crippen LogP contribution in [0, 0.1) is 27.7 Å². The van der Waals surface area contributed by atoms with Crippen molar-refractivity contribution in [3.05, 3.63) is 69.8 Å². The third kappa shape index (κ3) is 5.36. The Morgan fingerprint density at radius 1 is 0.643 bits per heavy atom. The van der Waals surface area contributed by atoms with Crippen LogP contribution in [0.2, 0.25) is 0 Å². The minimum atomic E-state index is -0.875. The molecule has 0 aliphatic heterocycles. The van der Waals surface area contributed by atoms with Crippen LogP contribution < -0.4 is 10.9 Å². The van der Waals surface area contributed by atoms with Crippen molar-refractivity contribution in [2.24, 2.45) is 10.2 Å². The number of carbonyl (C=O) groups excluding carboxylic acids is 2. The predicted molar refractivity (Wildman–Crippen MR) is 113 cm³/mol. The van der Waals surface area contributed by atoms with E-state index in [0.29, 0.717) is 11.4 Å². The molecule has 0 radical (unpaired) electrons. The highest BCUT2D eigenvalue weighted by Crippen LogP contribution is 2.11. The minimum Gasteiger partial charge on any atom is -0.262 e. The third-order valence-corrected chi connectivity index (χ3v) is 4.71. The zero-order valence-corrected chi connectivity index (χ0v) is 17.2. The Labute approximate surface area is 165 Å². The maximum absolute atomic E-state index is 11.9. The van der Waals surface area contributed by atoms with E-state index >= 15 is 0 Å². The molecule has 146 valence electrons. The molecule has 0 aromatic heterocycles. The number of nitrogens with zero attached hydrogens (tertiary/aromatic N) is 2. The van der Waals surface area contributed by atoms with E-state index in [4.69, 9.17) is 0 Å². The van der Waals surface area contributed by atoms with Gasteiger partial charge in [-0.3, -0.25) is 9.59 Å². The molecule has 0 bridgehead atoms. The average Bonchev–Trinajstić information content (AvgIpc) is 2.67. The van der Waals surface area contributed by atoms with Crippen LogP contribution in [-0.2, 0) is 9.59 Å². The molecule has 2 amide bonds. The Hall–Kier alpha value is -3.28. The van der Waals surface area contributed by atoms with Gasteiger partial charge in [-0.25, -0.2) is 10.9 Å². The topological polar surface area (TPSA) is 82.9 Å². The molecule has 2 rings (SSSR count). The second-order valence-electron chi connectivity index (χ2n) is 6.87. The number of hydrazone groups is 2. The fraction of sp³-hybridized carbons (Fsp3) is 0.273. The highest BCUT2D eigenvalue weighted by molar-refractivity contribution is 6.35. The molecule has 0 unspecified atom stereocenters. The molecule has 2 N–H and O–H groups in total. The molecular weight excluding hydrogens is 352 g/mol.